The second kappa shape index (κ2) is 5.49. The quantitative estimate of drug-likeness (QED) is 0.803. The van der Waals surface area contributed by atoms with Crippen molar-refractivity contribution in [3.63, 3.8) is 0 Å². The smallest absolute Gasteiger partial charge is 0.387 e. The fourth-order valence-corrected chi connectivity index (χ4v) is 0.881. The Morgan fingerprint density at radius 2 is 1.93 bits per heavy atom. The number of hydrogen-bond acceptors (Lipinski definition) is 3. The molecule has 0 fully saturated rings. The highest BCUT2D eigenvalue weighted by Crippen LogP contribution is 2.30. The van der Waals surface area contributed by atoms with Crippen molar-refractivity contribution >= 4 is 18.1 Å². The number of benzene rings is 1. The third-order valence-electron chi connectivity index (χ3n) is 1.40. The fraction of sp³-hybridized carbons (Fsp3) is 0.250. The molecule has 0 aliphatic rings. The summed E-state index contributed by atoms with van der Waals surface area (Å²) in [7, 11) is 1.36. The first-order chi connectivity index (χ1) is 6.13. The summed E-state index contributed by atoms with van der Waals surface area (Å²) in [5.41, 5.74) is 5.72. The van der Waals surface area contributed by atoms with E-state index in [1.807, 2.05) is 0 Å². The van der Waals surface area contributed by atoms with Crippen LogP contribution in [-0.4, -0.2) is 13.7 Å². The predicted molar refractivity (Wildman–Crippen MR) is 51.3 cm³/mol. The topological polar surface area (TPSA) is 44.5 Å². The zero-order valence-electron chi connectivity index (χ0n) is 7.37. The third-order valence-corrected chi connectivity index (χ3v) is 1.40. The number of rotatable bonds is 3. The second-order valence-electron chi connectivity index (χ2n) is 2.29. The van der Waals surface area contributed by atoms with Gasteiger partial charge in [0.25, 0.3) is 0 Å². The predicted octanol–water partition coefficient (Wildman–Crippen LogP) is 2.30. The minimum atomic E-state index is -2.88. The van der Waals surface area contributed by atoms with Crippen LogP contribution in [0.4, 0.5) is 14.5 Å². The molecule has 0 bridgehead atoms. The highest BCUT2D eigenvalue weighted by molar-refractivity contribution is 5.85. The lowest BCUT2D eigenvalue weighted by atomic mass is 10.3. The van der Waals surface area contributed by atoms with Gasteiger partial charge >= 0.3 is 6.61 Å². The van der Waals surface area contributed by atoms with Crippen LogP contribution in [0.3, 0.4) is 0 Å². The van der Waals surface area contributed by atoms with Gasteiger partial charge in [0.1, 0.15) is 0 Å². The van der Waals surface area contributed by atoms with Crippen molar-refractivity contribution in [2.45, 2.75) is 6.61 Å². The maximum atomic E-state index is 11.8. The summed E-state index contributed by atoms with van der Waals surface area (Å²) in [6.07, 6.45) is 0. The Morgan fingerprint density at radius 1 is 1.29 bits per heavy atom. The molecule has 0 heterocycles. The Hall–Kier alpha value is -1.23. The molecule has 0 unspecified atom stereocenters. The number of hydrogen-bond donors (Lipinski definition) is 1. The number of methoxy groups -OCH3 is 1. The largest absolute Gasteiger partial charge is 0.493 e. The molecule has 1 aromatic carbocycles. The minimum absolute atomic E-state index is 0. The SMILES string of the molecule is COc1ccc(N)cc1OC(F)F.Cl. The monoisotopic (exact) mass is 225 g/mol. The summed E-state index contributed by atoms with van der Waals surface area (Å²) in [5.74, 6) is 0.173. The Kier molecular flexibility index (Phi) is 5.01. The van der Waals surface area contributed by atoms with Crippen molar-refractivity contribution in [3.8, 4) is 11.5 Å². The number of nitrogen functional groups attached to an aromatic ring is 1. The Labute approximate surface area is 86.2 Å². The minimum Gasteiger partial charge on any atom is -0.493 e. The summed E-state index contributed by atoms with van der Waals surface area (Å²) in [5, 5.41) is 0. The van der Waals surface area contributed by atoms with Gasteiger partial charge in [-0.05, 0) is 12.1 Å². The van der Waals surface area contributed by atoms with E-state index in [1.165, 1.54) is 25.3 Å². The van der Waals surface area contributed by atoms with Crippen LogP contribution < -0.4 is 15.2 Å². The average molecular weight is 226 g/mol. The lowest BCUT2D eigenvalue weighted by molar-refractivity contribution is -0.0511. The number of alkyl halides is 2. The van der Waals surface area contributed by atoms with E-state index in [4.69, 9.17) is 10.5 Å². The molecule has 80 valence electrons. The molecular weight excluding hydrogens is 216 g/mol. The van der Waals surface area contributed by atoms with Gasteiger partial charge in [-0.15, -0.1) is 12.4 Å². The molecule has 0 aliphatic heterocycles. The first kappa shape index (κ1) is 12.8. The van der Waals surface area contributed by atoms with Gasteiger partial charge < -0.3 is 15.2 Å². The van der Waals surface area contributed by atoms with E-state index in [0.717, 1.165) is 0 Å². The van der Waals surface area contributed by atoms with Gasteiger partial charge in [-0.2, -0.15) is 8.78 Å². The Morgan fingerprint density at radius 3 is 2.43 bits per heavy atom. The van der Waals surface area contributed by atoms with Crippen molar-refractivity contribution in [2.24, 2.45) is 0 Å². The highest BCUT2D eigenvalue weighted by atomic mass is 35.5. The van der Waals surface area contributed by atoms with Crippen molar-refractivity contribution in [3.05, 3.63) is 18.2 Å². The number of ether oxygens (including phenoxy) is 2. The van der Waals surface area contributed by atoms with Crippen molar-refractivity contribution in [1.82, 2.24) is 0 Å². The summed E-state index contributed by atoms with van der Waals surface area (Å²) in [6, 6.07) is 4.29. The molecule has 0 aromatic heterocycles. The lowest BCUT2D eigenvalue weighted by Crippen LogP contribution is -2.03. The van der Waals surface area contributed by atoms with Gasteiger partial charge in [-0.1, -0.05) is 0 Å². The summed E-state index contributed by atoms with van der Waals surface area (Å²) in [4.78, 5) is 0. The van der Waals surface area contributed by atoms with Gasteiger partial charge in [0, 0.05) is 11.8 Å². The Balaban J connectivity index is 0.00000169. The molecule has 0 saturated heterocycles. The highest BCUT2D eigenvalue weighted by Gasteiger charge is 2.09. The van der Waals surface area contributed by atoms with Gasteiger partial charge in [0.2, 0.25) is 0 Å². The first-order valence-electron chi connectivity index (χ1n) is 3.52. The van der Waals surface area contributed by atoms with E-state index in [0.29, 0.717) is 5.69 Å². The van der Waals surface area contributed by atoms with Crippen LogP contribution in [0.15, 0.2) is 18.2 Å². The van der Waals surface area contributed by atoms with E-state index in [-0.39, 0.29) is 23.9 Å². The van der Waals surface area contributed by atoms with Gasteiger partial charge in [0.15, 0.2) is 11.5 Å². The fourth-order valence-electron chi connectivity index (χ4n) is 0.881. The summed E-state index contributed by atoms with van der Waals surface area (Å²) in [6.45, 7) is -2.88. The van der Waals surface area contributed by atoms with Crippen molar-refractivity contribution in [1.29, 1.82) is 0 Å². The molecule has 14 heavy (non-hydrogen) atoms. The van der Waals surface area contributed by atoms with Crippen LogP contribution in [0.2, 0.25) is 0 Å². The molecular formula is C8H10ClF2NO2. The molecule has 0 spiro atoms. The standard InChI is InChI=1S/C8H9F2NO2.ClH/c1-12-6-3-2-5(11)4-7(6)13-8(9)10;/h2-4,8H,11H2,1H3;1H. The zero-order valence-corrected chi connectivity index (χ0v) is 8.18. The summed E-state index contributed by atoms with van der Waals surface area (Å²) >= 11 is 0. The maximum absolute atomic E-state index is 11.8. The van der Waals surface area contributed by atoms with E-state index in [1.54, 1.807) is 0 Å². The van der Waals surface area contributed by atoms with Crippen LogP contribution in [0.25, 0.3) is 0 Å². The molecule has 1 aromatic rings. The van der Waals surface area contributed by atoms with Crippen LogP contribution in [0.5, 0.6) is 11.5 Å². The van der Waals surface area contributed by atoms with Crippen LogP contribution in [-0.2, 0) is 0 Å². The van der Waals surface area contributed by atoms with Crippen LogP contribution in [0, 0.1) is 0 Å². The molecule has 0 aliphatic carbocycles. The van der Waals surface area contributed by atoms with Gasteiger partial charge in [0.05, 0.1) is 7.11 Å². The zero-order chi connectivity index (χ0) is 9.84. The molecule has 1 rings (SSSR count). The molecule has 3 nitrogen and oxygen atoms in total. The molecule has 0 atom stereocenters. The number of nitrogens with two attached hydrogens (primary N) is 1. The van der Waals surface area contributed by atoms with E-state index < -0.39 is 6.61 Å². The van der Waals surface area contributed by atoms with Crippen LogP contribution >= 0.6 is 12.4 Å². The second-order valence-corrected chi connectivity index (χ2v) is 2.29. The summed E-state index contributed by atoms with van der Waals surface area (Å²) < 4.78 is 32.7. The van der Waals surface area contributed by atoms with Crippen molar-refractivity contribution < 1.29 is 18.3 Å². The maximum Gasteiger partial charge on any atom is 0.387 e. The van der Waals surface area contributed by atoms with E-state index >= 15 is 0 Å². The van der Waals surface area contributed by atoms with E-state index in [2.05, 4.69) is 4.74 Å². The van der Waals surface area contributed by atoms with E-state index in [9.17, 15) is 8.78 Å². The molecule has 2 N–H and O–H groups in total. The third kappa shape index (κ3) is 3.26. The van der Waals surface area contributed by atoms with Crippen LogP contribution in [0.1, 0.15) is 0 Å². The van der Waals surface area contributed by atoms with Gasteiger partial charge in [-0.25, -0.2) is 0 Å². The molecule has 0 saturated carbocycles. The lowest BCUT2D eigenvalue weighted by Gasteiger charge is -2.09. The molecule has 0 amide bonds. The normalized spacial score (nSPS) is 9.43. The molecule has 0 radical (unpaired) electrons. The van der Waals surface area contributed by atoms with Crippen molar-refractivity contribution in [2.75, 3.05) is 12.8 Å². The van der Waals surface area contributed by atoms with Gasteiger partial charge in [-0.3, -0.25) is 0 Å². The number of halogens is 3. The first-order valence-corrected chi connectivity index (χ1v) is 3.52. The average Bonchev–Trinajstić information content (AvgIpc) is 2.03. The Bertz CT molecular complexity index is 297. The number of anilines is 1. The molecule has 6 heteroatoms.